The van der Waals surface area contributed by atoms with E-state index in [9.17, 15) is 5.41 Å². The van der Waals surface area contributed by atoms with Crippen molar-refractivity contribution in [3.63, 3.8) is 0 Å². The maximum absolute atomic E-state index is 15.3. The summed E-state index contributed by atoms with van der Waals surface area (Å²) in [5.74, 6) is 1.51. The van der Waals surface area contributed by atoms with E-state index < -0.39 is 5.92 Å². The fourth-order valence-corrected chi connectivity index (χ4v) is 10.2. The third-order valence-electron chi connectivity index (χ3n) is 13.7. The van der Waals surface area contributed by atoms with Gasteiger partial charge in [-0.05, 0) is 111 Å². The fourth-order valence-electron chi connectivity index (χ4n) is 10.2. The Morgan fingerprint density at radius 3 is 1.38 bits per heavy atom. The number of hydrogen-bond acceptors (Lipinski definition) is 3. The summed E-state index contributed by atoms with van der Waals surface area (Å²) in [5, 5.41) is 19.4. The van der Waals surface area contributed by atoms with Crippen LogP contribution in [0.1, 0.15) is 147 Å². The number of anilines is 2. The molecule has 332 valence electrons. The van der Waals surface area contributed by atoms with Gasteiger partial charge < -0.3 is 15.2 Å². The molecule has 1 aliphatic rings. The van der Waals surface area contributed by atoms with E-state index in [2.05, 4.69) is 145 Å². The van der Waals surface area contributed by atoms with Crippen LogP contribution < -0.4 is 9.80 Å². The number of fused-ring (bicyclic) bond motifs is 4. The van der Waals surface area contributed by atoms with Gasteiger partial charge in [0.15, 0.2) is 5.78 Å². The second-order valence-corrected chi connectivity index (χ2v) is 18.2. The zero-order valence-electron chi connectivity index (χ0n) is 39.2. The summed E-state index contributed by atoms with van der Waals surface area (Å²) in [6.45, 7) is 21.3. The fraction of sp³-hybridized carbons (Fsp3) is 0.424. The molecule has 6 aromatic carbocycles. The Kier molecular flexibility index (Phi) is 16.5. The molecule has 5 heteroatoms. The van der Waals surface area contributed by atoms with E-state index >= 15 is 4.79 Å². The number of carbonyl (C=O) groups is 1. The van der Waals surface area contributed by atoms with Crippen molar-refractivity contribution in [1.29, 1.82) is 0 Å². The van der Waals surface area contributed by atoms with Crippen molar-refractivity contribution in [2.45, 2.75) is 136 Å². The highest BCUT2D eigenvalue weighted by atomic mass is 16.1. The molecule has 5 nitrogen and oxygen atoms in total. The number of allylic oxidation sites excluding steroid dienone is 2. The van der Waals surface area contributed by atoms with E-state index in [0.717, 1.165) is 106 Å². The second-order valence-electron chi connectivity index (χ2n) is 18.2. The van der Waals surface area contributed by atoms with Gasteiger partial charge in [-0.3, -0.25) is 10.7 Å². The Bertz CT molecular complexity index is 2670. The maximum Gasteiger partial charge on any atom is 0.210 e. The van der Waals surface area contributed by atoms with Gasteiger partial charge in [0.05, 0.1) is 12.5 Å². The van der Waals surface area contributed by atoms with Gasteiger partial charge in [0.1, 0.15) is 0 Å². The van der Waals surface area contributed by atoms with Crippen molar-refractivity contribution in [3.8, 4) is 0 Å². The Morgan fingerprint density at radius 1 is 0.547 bits per heavy atom. The number of hydrogen-bond donors (Lipinski definition) is 0. The zero-order chi connectivity index (χ0) is 44.8. The first kappa shape index (κ1) is 46.3. The van der Waals surface area contributed by atoms with Crippen LogP contribution in [0.2, 0.25) is 0 Å². The number of unbranched alkanes of at least 4 members (excludes halogenated alkanes) is 12. The lowest BCUT2D eigenvalue weighted by molar-refractivity contribution is -0.115. The van der Waals surface area contributed by atoms with Crippen LogP contribution in [-0.4, -0.2) is 37.8 Å². The molecule has 0 aromatic heterocycles. The molecular weight excluding hydrogens is 781 g/mol. The van der Waals surface area contributed by atoms with Crippen molar-refractivity contribution < 1.29 is 4.79 Å². The molecule has 64 heavy (non-hydrogen) atoms. The smallest absolute Gasteiger partial charge is 0.210 e. The first-order valence-corrected chi connectivity index (χ1v) is 24.8. The summed E-state index contributed by atoms with van der Waals surface area (Å²) in [6.07, 6.45) is 19.1. The molecule has 0 aliphatic heterocycles. The number of benzene rings is 6. The number of Topliss-reactive ketones (excluding diaryl/α,β-unsaturated/α-hetero) is 1. The number of nitrogens with zero attached hydrogens (tertiary/aromatic N) is 4. The van der Waals surface area contributed by atoms with Crippen molar-refractivity contribution in [3.05, 3.63) is 136 Å². The van der Waals surface area contributed by atoms with Crippen LogP contribution in [0.4, 0.5) is 11.4 Å². The zero-order valence-corrected chi connectivity index (χ0v) is 39.2. The molecule has 0 spiro atoms. The Hall–Kier alpha value is -5.69. The third kappa shape index (κ3) is 10.1. The second kappa shape index (κ2) is 22.8. The molecule has 0 bridgehead atoms. The molecular formula is C59H69N4O-. The van der Waals surface area contributed by atoms with Crippen LogP contribution in [0.3, 0.4) is 0 Å². The van der Waals surface area contributed by atoms with Gasteiger partial charge >= 0.3 is 0 Å². The monoisotopic (exact) mass is 850 g/mol. The van der Waals surface area contributed by atoms with Crippen LogP contribution in [0.25, 0.3) is 58.9 Å². The lowest BCUT2D eigenvalue weighted by Crippen LogP contribution is -2.30. The summed E-state index contributed by atoms with van der Waals surface area (Å²) in [6, 6.07) is 34.7. The standard InChI is InChI=1S/C59H69N4O/c1-6-10-14-22-34-62(35-23-15-11-7-2)54-32-30-47(49-38-43-26-18-20-28-45(43)40-51(49)54)56-58(53(42-60)61-5)57(59(56)64)48-31-33-55(52-41-46-29-21-19-27-44(46)39-50(48)52)63(36-24-16-12-8-3)37-25-17-13-9-4/h18-21,26-33,38-41,56H,6-17,22-25,34-37H2,1-4H3/q-1. The largest absolute Gasteiger partial charge is 0.775 e. The van der Waals surface area contributed by atoms with Crippen molar-refractivity contribution in [2.75, 3.05) is 36.0 Å². The van der Waals surface area contributed by atoms with E-state index in [4.69, 9.17) is 6.57 Å². The molecule has 0 amide bonds. The van der Waals surface area contributed by atoms with E-state index in [-0.39, 0.29) is 11.5 Å². The molecule has 1 aliphatic carbocycles. The molecule has 1 atom stereocenters. The van der Waals surface area contributed by atoms with Gasteiger partial charge in [0, 0.05) is 53.9 Å². The van der Waals surface area contributed by atoms with E-state index in [1.807, 2.05) is 0 Å². The van der Waals surface area contributed by atoms with Crippen molar-refractivity contribution in [2.24, 2.45) is 0 Å². The number of rotatable bonds is 25. The van der Waals surface area contributed by atoms with Crippen LogP contribution in [0.15, 0.2) is 108 Å². The van der Waals surface area contributed by atoms with Crippen molar-refractivity contribution in [1.82, 2.24) is 0 Å². The quantitative estimate of drug-likeness (QED) is 0.0250. The van der Waals surface area contributed by atoms with Gasteiger partial charge in [-0.15, -0.1) is 0 Å². The van der Waals surface area contributed by atoms with Gasteiger partial charge in [0.25, 0.3) is 0 Å². The molecule has 0 N–H and O–H groups in total. The topological polar surface area (TPSA) is 50.2 Å². The van der Waals surface area contributed by atoms with Crippen LogP contribution in [0.5, 0.6) is 0 Å². The molecule has 0 saturated carbocycles. The molecule has 0 heterocycles. The van der Waals surface area contributed by atoms with E-state index in [1.54, 1.807) is 0 Å². The predicted octanol–water partition coefficient (Wildman–Crippen LogP) is 16.4. The third-order valence-corrected chi connectivity index (χ3v) is 13.7. The van der Waals surface area contributed by atoms with Crippen LogP contribution in [-0.2, 0) is 4.79 Å². The Balaban J connectivity index is 1.40. The lowest BCUT2D eigenvalue weighted by Gasteiger charge is -2.35. The first-order valence-electron chi connectivity index (χ1n) is 24.8. The summed E-state index contributed by atoms with van der Waals surface area (Å²) in [7, 11) is 0. The minimum atomic E-state index is -0.720. The number of carbonyl (C=O) groups excluding carboxylic acids is 1. The minimum absolute atomic E-state index is 0.00224. The summed E-state index contributed by atoms with van der Waals surface area (Å²) in [4.78, 5) is 24.3. The molecule has 0 radical (unpaired) electrons. The van der Waals surface area contributed by atoms with E-state index in [0.29, 0.717) is 11.1 Å². The highest BCUT2D eigenvalue weighted by molar-refractivity contribution is 6.37. The molecule has 7 rings (SSSR count). The normalized spacial score (nSPS) is 13.7. The lowest BCUT2D eigenvalue weighted by atomic mass is 9.67. The highest BCUT2D eigenvalue weighted by Crippen LogP contribution is 2.52. The summed E-state index contributed by atoms with van der Waals surface area (Å²) in [5.41, 5.74) is 5.14. The predicted molar refractivity (Wildman–Crippen MR) is 277 cm³/mol. The van der Waals surface area contributed by atoms with Crippen LogP contribution >= 0.6 is 0 Å². The van der Waals surface area contributed by atoms with Gasteiger partial charge in [-0.2, -0.15) is 0 Å². The average molecular weight is 850 g/mol. The Labute approximate surface area is 383 Å². The average Bonchev–Trinajstić information content (AvgIpc) is 3.32. The number of ketones is 1. The molecule has 0 fully saturated rings. The van der Waals surface area contributed by atoms with Gasteiger partial charge in [-0.1, -0.05) is 165 Å². The first-order chi connectivity index (χ1) is 31.5. The maximum atomic E-state index is 15.3. The van der Waals surface area contributed by atoms with Gasteiger partial charge in [0.2, 0.25) is 5.70 Å². The minimum Gasteiger partial charge on any atom is -0.775 e. The molecule has 1 unspecified atom stereocenters. The van der Waals surface area contributed by atoms with Crippen LogP contribution in [0, 0.1) is 6.57 Å². The highest BCUT2D eigenvalue weighted by Gasteiger charge is 2.43. The SMILES string of the molecule is [C-]#[N+]C(=C=[N-])C1=C(c2ccc(N(CCCCCC)CCCCCC)c3cc4ccccc4cc23)C(=O)C1c1ccc(N(CCCCCC)CCCCCC)c2cc3ccccc3cc12. The summed E-state index contributed by atoms with van der Waals surface area (Å²) < 4.78 is 0. The van der Waals surface area contributed by atoms with E-state index in [1.165, 1.54) is 88.4 Å². The molecule has 6 aromatic rings. The van der Waals surface area contributed by atoms with Crippen molar-refractivity contribution >= 4 is 71.7 Å². The summed E-state index contributed by atoms with van der Waals surface area (Å²) >= 11 is 0. The van der Waals surface area contributed by atoms with Gasteiger partial charge in [-0.25, -0.2) is 4.85 Å². The Morgan fingerprint density at radius 2 is 0.953 bits per heavy atom. The molecule has 0 saturated heterocycles.